The van der Waals surface area contributed by atoms with Gasteiger partial charge in [-0.15, -0.1) is 0 Å². The molecule has 0 saturated carbocycles. The van der Waals surface area contributed by atoms with Gasteiger partial charge in [-0.3, -0.25) is 4.98 Å². The number of sulfone groups is 1. The highest BCUT2D eigenvalue weighted by molar-refractivity contribution is 7.90. The first-order valence-corrected chi connectivity index (χ1v) is 9.43. The summed E-state index contributed by atoms with van der Waals surface area (Å²) in [4.78, 5) is 4.31. The third-order valence-corrected chi connectivity index (χ3v) is 6.47. The molecule has 3 nitrogen and oxygen atoms in total. The molecule has 1 aliphatic carbocycles. The summed E-state index contributed by atoms with van der Waals surface area (Å²) in [5, 5.41) is -0.499. The Morgan fingerprint density at radius 1 is 1.14 bits per heavy atom. The Morgan fingerprint density at radius 2 is 1.91 bits per heavy atom. The lowest BCUT2D eigenvalue weighted by molar-refractivity contribution is 0.584. The molecule has 3 rings (SSSR count). The van der Waals surface area contributed by atoms with Crippen LogP contribution < -0.4 is 0 Å². The summed E-state index contributed by atoms with van der Waals surface area (Å²) in [5.41, 5.74) is 5.04. The maximum absolute atomic E-state index is 12.7. The van der Waals surface area contributed by atoms with E-state index in [4.69, 9.17) is 0 Å². The molecule has 116 valence electrons. The Hall–Kier alpha value is -1.68. The van der Waals surface area contributed by atoms with Crippen LogP contribution in [0.5, 0.6) is 0 Å². The molecule has 1 atom stereocenters. The van der Waals surface area contributed by atoms with Crippen molar-refractivity contribution >= 4 is 9.84 Å². The van der Waals surface area contributed by atoms with Crippen molar-refractivity contribution < 1.29 is 8.42 Å². The predicted octanol–water partition coefficient (Wildman–Crippen LogP) is 3.55. The summed E-state index contributed by atoms with van der Waals surface area (Å²) in [5.74, 6) is -0.00701. The fourth-order valence-electron chi connectivity index (χ4n) is 3.06. The molecule has 0 spiro atoms. The lowest BCUT2D eigenvalue weighted by Gasteiger charge is -2.14. The van der Waals surface area contributed by atoms with E-state index in [1.807, 2.05) is 25.1 Å². The largest absolute Gasteiger partial charge is 0.257 e. The lowest BCUT2D eigenvalue weighted by atomic mass is 10.0. The Morgan fingerprint density at radius 3 is 2.68 bits per heavy atom. The first-order valence-electron chi connectivity index (χ1n) is 7.71. The first-order chi connectivity index (χ1) is 10.5. The molecule has 0 amide bonds. The molecule has 0 bridgehead atoms. The molecule has 0 radical (unpaired) electrons. The molecule has 0 saturated heterocycles. The highest BCUT2D eigenvalue weighted by atomic mass is 32.2. The van der Waals surface area contributed by atoms with Crippen molar-refractivity contribution in [2.75, 3.05) is 0 Å². The minimum atomic E-state index is -3.26. The van der Waals surface area contributed by atoms with Gasteiger partial charge in [0.25, 0.3) is 0 Å². The topological polar surface area (TPSA) is 47.0 Å². The molecule has 1 aromatic carbocycles. The van der Waals surface area contributed by atoms with Gasteiger partial charge in [0, 0.05) is 5.69 Å². The predicted molar refractivity (Wildman–Crippen MR) is 88.5 cm³/mol. The van der Waals surface area contributed by atoms with Gasteiger partial charge in [-0.1, -0.05) is 24.3 Å². The van der Waals surface area contributed by atoms with E-state index in [-0.39, 0.29) is 5.75 Å². The zero-order valence-corrected chi connectivity index (χ0v) is 13.9. The van der Waals surface area contributed by atoms with E-state index in [9.17, 15) is 8.42 Å². The maximum atomic E-state index is 12.7. The van der Waals surface area contributed by atoms with Gasteiger partial charge in [-0.05, 0) is 61.9 Å². The number of aromatic nitrogens is 1. The summed E-state index contributed by atoms with van der Waals surface area (Å²) >= 11 is 0. The highest BCUT2D eigenvalue weighted by Gasteiger charge is 2.25. The summed E-state index contributed by atoms with van der Waals surface area (Å²) in [6.45, 7) is 3.65. The van der Waals surface area contributed by atoms with E-state index in [1.165, 1.54) is 17.5 Å². The number of hydrogen-bond acceptors (Lipinski definition) is 3. The molecular weight excluding hydrogens is 294 g/mol. The second-order valence-electron chi connectivity index (χ2n) is 6.10. The average Bonchev–Trinajstić information content (AvgIpc) is 2.93. The van der Waals surface area contributed by atoms with Crippen molar-refractivity contribution in [3.8, 4) is 0 Å². The lowest BCUT2D eigenvalue weighted by Crippen LogP contribution is -2.14. The number of hydrogen-bond donors (Lipinski definition) is 0. The summed E-state index contributed by atoms with van der Waals surface area (Å²) in [6, 6.07) is 11.6. The Kier molecular flexibility index (Phi) is 4.04. The second-order valence-corrected chi connectivity index (χ2v) is 8.42. The van der Waals surface area contributed by atoms with Gasteiger partial charge < -0.3 is 0 Å². The molecule has 22 heavy (non-hydrogen) atoms. The SMILES string of the molecule is Cc1cccc(CS(=O)(=O)C(C)c2ccc3c(c2)CCC3)n1. The second kappa shape index (κ2) is 5.84. The third-order valence-electron chi connectivity index (χ3n) is 4.43. The summed E-state index contributed by atoms with van der Waals surface area (Å²) in [6.07, 6.45) is 3.35. The van der Waals surface area contributed by atoms with Crippen LogP contribution in [0.3, 0.4) is 0 Å². The van der Waals surface area contributed by atoms with Gasteiger partial charge in [0.15, 0.2) is 9.84 Å². The minimum Gasteiger partial charge on any atom is -0.257 e. The standard InChI is InChI=1S/C18H21NO2S/c1-13-5-3-8-18(19-13)12-22(20,21)14(2)16-10-9-15-6-4-7-17(15)11-16/h3,5,8-11,14H,4,6-7,12H2,1-2H3. The van der Waals surface area contributed by atoms with Crippen LogP contribution in [0, 0.1) is 6.92 Å². The highest BCUT2D eigenvalue weighted by Crippen LogP contribution is 2.30. The molecule has 1 unspecified atom stereocenters. The van der Waals surface area contributed by atoms with E-state index in [2.05, 4.69) is 17.1 Å². The normalized spacial score (nSPS) is 15.5. The van der Waals surface area contributed by atoms with Crippen LogP contribution in [0.2, 0.25) is 0 Å². The van der Waals surface area contributed by atoms with Crippen molar-refractivity contribution in [2.24, 2.45) is 0 Å². The van der Waals surface area contributed by atoms with Crippen LogP contribution in [-0.4, -0.2) is 13.4 Å². The zero-order valence-electron chi connectivity index (χ0n) is 13.0. The van der Waals surface area contributed by atoms with Gasteiger partial charge in [0.2, 0.25) is 0 Å². The van der Waals surface area contributed by atoms with E-state index >= 15 is 0 Å². The van der Waals surface area contributed by atoms with Crippen molar-refractivity contribution in [3.63, 3.8) is 0 Å². The van der Waals surface area contributed by atoms with Crippen molar-refractivity contribution in [3.05, 3.63) is 64.5 Å². The first kappa shape index (κ1) is 15.2. The van der Waals surface area contributed by atoms with E-state index < -0.39 is 15.1 Å². The monoisotopic (exact) mass is 315 g/mol. The zero-order chi connectivity index (χ0) is 15.7. The summed E-state index contributed by atoms with van der Waals surface area (Å²) < 4.78 is 25.3. The van der Waals surface area contributed by atoms with Crippen LogP contribution in [0.15, 0.2) is 36.4 Å². The van der Waals surface area contributed by atoms with Crippen molar-refractivity contribution in [2.45, 2.75) is 44.1 Å². The number of fused-ring (bicyclic) bond motifs is 1. The van der Waals surface area contributed by atoms with E-state index in [0.29, 0.717) is 5.69 Å². The van der Waals surface area contributed by atoms with Crippen LogP contribution >= 0.6 is 0 Å². The number of benzene rings is 1. The molecule has 0 fully saturated rings. The van der Waals surface area contributed by atoms with Crippen molar-refractivity contribution in [1.29, 1.82) is 0 Å². The van der Waals surface area contributed by atoms with Gasteiger partial charge in [0.1, 0.15) is 0 Å². The molecule has 0 N–H and O–H groups in total. The molecular formula is C18H21NO2S. The fraction of sp³-hybridized carbons (Fsp3) is 0.389. The molecule has 2 aromatic rings. The molecule has 1 heterocycles. The molecule has 1 aliphatic rings. The Labute approximate surface area is 132 Å². The van der Waals surface area contributed by atoms with Crippen LogP contribution in [-0.2, 0) is 28.4 Å². The fourth-order valence-corrected chi connectivity index (χ4v) is 4.45. The average molecular weight is 315 g/mol. The third kappa shape index (κ3) is 3.07. The van der Waals surface area contributed by atoms with Gasteiger partial charge in [-0.25, -0.2) is 8.42 Å². The number of nitrogens with zero attached hydrogens (tertiary/aromatic N) is 1. The smallest absolute Gasteiger partial charge is 0.162 e. The van der Waals surface area contributed by atoms with Gasteiger partial charge in [0.05, 0.1) is 16.7 Å². The summed E-state index contributed by atoms with van der Waals surface area (Å²) in [7, 11) is -3.26. The number of rotatable bonds is 4. The maximum Gasteiger partial charge on any atom is 0.162 e. The Balaban J connectivity index is 1.85. The Bertz CT molecular complexity index is 796. The molecule has 4 heteroatoms. The minimum absolute atomic E-state index is 0.00701. The number of aryl methyl sites for hydroxylation is 3. The van der Waals surface area contributed by atoms with E-state index in [1.54, 1.807) is 13.0 Å². The van der Waals surface area contributed by atoms with Crippen LogP contribution in [0.1, 0.15) is 46.7 Å². The molecule has 0 aliphatic heterocycles. The quantitative estimate of drug-likeness (QED) is 0.867. The van der Waals surface area contributed by atoms with Crippen LogP contribution in [0.4, 0.5) is 0 Å². The number of pyridine rings is 1. The van der Waals surface area contributed by atoms with Crippen molar-refractivity contribution in [1.82, 2.24) is 4.98 Å². The van der Waals surface area contributed by atoms with Gasteiger partial charge >= 0.3 is 0 Å². The van der Waals surface area contributed by atoms with Crippen LogP contribution in [0.25, 0.3) is 0 Å². The molecule has 1 aromatic heterocycles. The van der Waals surface area contributed by atoms with Gasteiger partial charge in [-0.2, -0.15) is 0 Å². The van der Waals surface area contributed by atoms with E-state index in [0.717, 1.165) is 24.1 Å².